The Labute approximate surface area is 130 Å². The van der Waals surface area contributed by atoms with E-state index in [0.29, 0.717) is 26.4 Å². The average molecular weight is 310 g/mol. The van der Waals surface area contributed by atoms with E-state index in [1.165, 1.54) is 12.1 Å². The largest absolute Gasteiger partial charge is 0.379 e. The fourth-order valence-electron chi connectivity index (χ4n) is 2.49. The van der Waals surface area contributed by atoms with Crippen molar-refractivity contribution in [2.45, 2.75) is 13.0 Å². The van der Waals surface area contributed by atoms with E-state index < -0.39 is 0 Å². The van der Waals surface area contributed by atoms with E-state index in [1.54, 1.807) is 12.1 Å². The van der Waals surface area contributed by atoms with Crippen molar-refractivity contribution in [2.75, 3.05) is 46.1 Å². The normalized spacial score (nSPS) is 17.2. The Bertz CT molecular complexity index is 461. The first kappa shape index (κ1) is 16.9. The number of ether oxygens (including phenoxy) is 2. The molecule has 1 heterocycles. The minimum absolute atomic E-state index is 0.00933. The Morgan fingerprint density at radius 1 is 1.36 bits per heavy atom. The molecule has 5 nitrogen and oxygen atoms in total. The second kappa shape index (κ2) is 8.82. The predicted molar refractivity (Wildman–Crippen MR) is 81.0 cm³/mol. The highest BCUT2D eigenvalue weighted by Crippen LogP contribution is 2.21. The van der Waals surface area contributed by atoms with Gasteiger partial charge in [-0.1, -0.05) is 12.1 Å². The molecule has 1 fully saturated rings. The second-order valence-electron chi connectivity index (χ2n) is 5.16. The van der Waals surface area contributed by atoms with Crippen molar-refractivity contribution in [2.24, 2.45) is 0 Å². The van der Waals surface area contributed by atoms with Gasteiger partial charge in [0.05, 0.1) is 19.3 Å². The number of hydrogen-bond donors (Lipinski definition) is 1. The molecule has 6 heteroatoms. The summed E-state index contributed by atoms with van der Waals surface area (Å²) in [7, 11) is 0. The molecule has 1 aromatic rings. The number of nitrogens with one attached hydrogen (secondary N) is 1. The number of carbonyl (C=O) groups is 1. The molecule has 2 rings (SSSR count). The maximum absolute atomic E-state index is 13.1. The van der Waals surface area contributed by atoms with Gasteiger partial charge in [-0.05, 0) is 24.6 Å². The predicted octanol–water partition coefficient (Wildman–Crippen LogP) is 1.35. The molecule has 0 aliphatic carbocycles. The van der Waals surface area contributed by atoms with Crippen molar-refractivity contribution in [1.82, 2.24) is 10.2 Å². The van der Waals surface area contributed by atoms with Gasteiger partial charge < -0.3 is 14.8 Å². The average Bonchev–Trinajstić information content (AvgIpc) is 2.55. The monoisotopic (exact) mass is 310 g/mol. The third kappa shape index (κ3) is 5.05. The summed E-state index contributed by atoms with van der Waals surface area (Å²) in [6, 6.07) is 6.44. The summed E-state index contributed by atoms with van der Waals surface area (Å²) >= 11 is 0. The number of nitrogens with zero attached hydrogens (tertiary/aromatic N) is 1. The van der Waals surface area contributed by atoms with Crippen LogP contribution in [-0.2, 0) is 14.3 Å². The highest BCUT2D eigenvalue weighted by molar-refractivity contribution is 5.77. The van der Waals surface area contributed by atoms with Crippen LogP contribution in [0.15, 0.2) is 24.3 Å². The zero-order valence-electron chi connectivity index (χ0n) is 12.9. The number of rotatable bonds is 7. The van der Waals surface area contributed by atoms with Crippen molar-refractivity contribution in [3.8, 4) is 0 Å². The van der Waals surface area contributed by atoms with Gasteiger partial charge in [0.15, 0.2) is 0 Å². The molecule has 1 unspecified atom stereocenters. The first-order valence-electron chi connectivity index (χ1n) is 7.62. The van der Waals surface area contributed by atoms with Crippen LogP contribution in [0.1, 0.15) is 18.5 Å². The van der Waals surface area contributed by atoms with Crippen LogP contribution in [0.3, 0.4) is 0 Å². The molecular formula is C16H23FN2O3. The number of carbonyl (C=O) groups excluding carboxylic acids is 1. The first-order valence-corrected chi connectivity index (χ1v) is 7.62. The number of halogens is 1. The van der Waals surface area contributed by atoms with Crippen LogP contribution in [-0.4, -0.2) is 56.9 Å². The van der Waals surface area contributed by atoms with Gasteiger partial charge in [0, 0.05) is 26.2 Å². The second-order valence-corrected chi connectivity index (χ2v) is 5.16. The molecule has 122 valence electrons. The summed E-state index contributed by atoms with van der Waals surface area (Å²) in [5.74, 6) is -0.396. The molecule has 0 spiro atoms. The Balaban J connectivity index is 2.01. The van der Waals surface area contributed by atoms with E-state index in [0.717, 1.165) is 18.7 Å². The lowest BCUT2D eigenvalue weighted by atomic mass is 10.0. The number of morpholine rings is 1. The molecular weight excluding hydrogens is 287 g/mol. The molecule has 1 amide bonds. The van der Waals surface area contributed by atoms with Crippen molar-refractivity contribution >= 4 is 5.91 Å². The van der Waals surface area contributed by atoms with Crippen LogP contribution in [0.2, 0.25) is 0 Å². The quantitative estimate of drug-likeness (QED) is 0.826. The Morgan fingerprint density at radius 3 is 2.68 bits per heavy atom. The van der Waals surface area contributed by atoms with Gasteiger partial charge in [0.1, 0.15) is 12.4 Å². The summed E-state index contributed by atoms with van der Waals surface area (Å²) in [4.78, 5) is 14.0. The fourth-order valence-corrected chi connectivity index (χ4v) is 2.49. The summed E-state index contributed by atoms with van der Waals surface area (Å²) in [5, 5.41) is 2.89. The lowest BCUT2D eigenvalue weighted by Crippen LogP contribution is -2.44. The van der Waals surface area contributed by atoms with Gasteiger partial charge in [0.2, 0.25) is 5.91 Å². The summed E-state index contributed by atoms with van der Waals surface area (Å²) < 4.78 is 23.6. The van der Waals surface area contributed by atoms with Crippen LogP contribution >= 0.6 is 0 Å². The lowest BCUT2D eigenvalue weighted by molar-refractivity contribution is -0.125. The van der Waals surface area contributed by atoms with Gasteiger partial charge in [-0.3, -0.25) is 9.69 Å². The topological polar surface area (TPSA) is 50.8 Å². The SMILES string of the molecule is CCOCC(=O)NCC(c1ccc(F)cc1)N1CCOCC1. The van der Waals surface area contributed by atoms with Gasteiger partial charge in [-0.15, -0.1) is 0 Å². The van der Waals surface area contributed by atoms with Crippen LogP contribution in [0, 0.1) is 5.82 Å². The number of amides is 1. The van der Waals surface area contributed by atoms with E-state index in [2.05, 4.69) is 10.2 Å². The molecule has 1 aliphatic rings. The van der Waals surface area contributed by atoms with Gasteiger partial charge >= 0.3 is 0 Å². The zero-order chi connectivity index (χ0) is 15.8. The molecule has 1 saturated heterocycles. The molecule has 0 bridgehead atoms. The summed E-state index contributed by atoms with van der Waals surface area (Å²) in [5.41, 5.74) is 0.986. The van der Waals surface area contributed by atoms with E-state index in [9.17, 15) is 9.18 Å². The van der Waals surface area contributed by atoms with E-state index in [4.69, 9.17) is 9.47 Å². The van der Waals surface area contributed by atoms with Crippen LogP contribution in [0.4, 0.5) is 4.39 Å². The number of benzene rings is 1. The van der Waals surface area contributed by atoms with Crippen LogP contribution in [0.5, 0.6) is 0 Å². The van der Waals surface area contributed by atoms with Crippen molar-refractivity contribution < 1.29 is 18.7 Å². The molecule has 0 aromatic heterocycles. The van der Waals surface area contributed by atoms with Gasteiger partial charge in [-0.25, -0.2) is 4.39 Å². The van der Waals surface area contributed by atoms with E-state index in [1.807, 2.05) is 6.92 Å². The minimum Gasteiger partial charge on any atom is -0.379 e. The standard InChI is InChI=1S/C16H23FN2O3/c1-2-21-12-16(20)18-11-15(19-7-9-22-10-8-19)13-3-5-14(17)6-4-13/h3-6,15H,2,7-12H2,1H3,(H,18,20). The Morgan fingerprint density at radius 2 is 2.05 bits per heavy atom. The molecule has 1 aromatic carbocycles. The van der Waals surface area contributed by atoms with Gasteiger partial charge in [-0.2, -0.15) is 0 Å². The summed E-state index contributed by atoms with van der Waals surface area (Å²) in [6.45, 7) is 5.83. The smallest absolute Gasteiger partial charge is 0.246 e. The van der Waals surface area contributed by atoms with Gasteiger partial charge in [0.25, 0.3) is 0 Å². The molecule has 0 saturated carbocycles. The molecule has 1 atom stereocenters. The van der Waals surface area contributed by atoms with E-state index >= 15 is 0 Å². The molecule has 1 aliphatic heterocycles. The minimum atomic E-state index is -0.259. The maximum Gasteiger partial charge on any atom is 0.246 e. The molecule has 0 radical (unpaired) electrons. The first-order chi connectivity index (χ1) is 10.7. The number of hydrogen-bond acceptors (Lipinski definition) is 4. The van der Waals surface area contributed by atoms with Crippen molar-refractivity contribution in [3.63, 3.8) is 0 Å². The zero-order valence-corrected chi connectivity index (χ0v) is 12.9. The van der Waals surface area contributed by atoms with Crippen molar-refractivity contribution in [1.29, 1.82) is 0 Å². The Kier molecular flexibility index (Phi) is 6.76. The van der Waals surface area contributed by atoms with Crippen LogP contribution < -0.4 is 5.32 Å². The lowest BCUT2D eigenvalue weighted by Gasteiger charge is -2.35. The highest BCUT2D eigenvalue weighted by atomic mass is 19.1. The third-order valence-electron chi connectivity index (χ3n) is 3.67. The summed E-state index contributed by atoms with van der Waals surface area (Å²) in [6.07, 6.45) is 0. The maximum atomic E-state index is 13.1. The highest BCUT2D eigenvalue weighted by Gasteiger charge is 2.23. The van der Waals surface area contributed by atoms with Crippen molar-refractivity contribution in [3.05, 3.63) is 35.6 Å². The molecule has 22 heavy (non-hydrogen) atoms. The van der Waals surface area contributed by atoms with E-state index in [-0.39, 0.29) is 24.4 Å². The molecule has 1 N–H and O–H groups in total. The van der Waals surface area contributed by atoms with Crippen LogP contribution in [0.25, 0.3) is 0 Å². The Hall–Kier alpha value is -1.50. The fraction of sp³-hybridized carbons (Fsp3) is 0.562. The third-order valence-corrected chi connectivity index (χ3v) is 3.67.